The van der Waals surface area contributed by atoms with Gasteiger partial charge in [0.1, 0.15) is 16.5 Å². The maximum atomic E-state index is 12.6. The fourth-order valence-electron chi connectivity index (χ4n) is 3.00. The number of carbonyl (C=O) groups is 2. The molecule has 0 aliphatic heterocycles. The number of ether oxygens (including phenoxy) is 1. The highest BCUT2D eigenvalue weighted by Crippen LogP contribution is 2.38. The molecule has 0 atom stereocenters. The van der Waals surface area contributed by atoms with Gasteiger partial charge in [0.25, 0.3) is 0 Å². The van der Waals surface area contributed by atoms with Crippen molar-refractivity contribution in [3.05, 3.63) is 45.7 Å². The van der Waals surface area contributed by atoms with Crippen LogP contribution in [0.15, 0.2) is 22.6 Å². The van der Waals surface area contributed by atoms with Gasteiger partial charge in [-0.15, -0.1) is 11.3 Å². The quantitative estimate of drug-likeness (QED) is 0.607. The number of rotatable bonds is 5. The maximum absolute atomic E-state index is 12.6. The highest BCUT2D eigenvalue weighted by atomic mass is 32.1. The minimum absolute atomic E-state index is 0.202. The van der Waals surface area contributed by atoms with Crippen LogP contribution < -0.4 is 5.32 Å². The first-order valence-electron chi connectivity index (χ1n) is 8.85. The zero-order valence-corrected chi connectivity index (χ0v) is 16.1. The Bertz CT molecular complexity index is 844. The zero-order valence-electron chi connectivity index (χ0n) is 15.3. The number of nitrogens with one attached hydrogen (secondary N) is 1. The van der Waals surface area contributed by atoms with Gasteiger partial charge in [0.2, 0.25) is 5.91 Å². The molecule has 0 aromatic carbocycles. The molecule has 0 unspecified atom stereocenters. The van der Waals surface area contributed by atoms with E-state index in [-0.39, 0.29) is 18.0 Å². The fourth-order valence-corrected chi connectivity index (χ4v) is 4.28. The Hall–Kier alpha value is -2.34. The van der Waals surface area contributed by atoms with E-state index in [2.05, 4.69) is 5.32 Å². The van der Waals surface area contributed by atoms with Gasteiger partial charge in [0, 0.05) is 11.0 Å². The molecule has 1 N–H and O–H groups in total. The molecular formula is C20H23NO4S. The number of aryl methyl sites for hydroxylation is 2. The first kappa shape index (κ1) is 18.5. The number of thiophene rings is 1. The van der Waals surface area contributed by atoms with Crippen molar-refractivity contribution in [1.82, 2.24) is 0 Å². The van der Waals surface area contributed by atoms with Gasteiger partial charge in [-0.2, -0.15) is 0 Å². The summed E-state index contributed by atoms with van der Waals surface area (Å²) in [6.45, 7) is 5.49. The molecule has 3 rings (SSSR count). The molecule has 6 heteroatoms. The molecule has 138 valence electrons. The van der Waals surface area contributed by atoms with Gasteiger partial charge in [0.15, 0.2) is 0 Å². The molecule has 0 radical (unpaired) electrons. The van der Waals surface area contributed by atoms with Gasteiger partial charge in [-0.25, -0.2) is 4.79 Å². The van der Waals surface area contributed by atoms with E-state index in [0.29, 0.717) is 16.3 Å². The lowest BCUT2D eigenvalue weighted by Crippen LogP contribution is -2.17. The highest BCUT2D eigenvalue weighted by molar-refractivity contribution is 7.17. The van der Waals surface area contributed by atoms with Crippen LogP contribution in [0.5, 0.6) is 0 Å². The first-order valence-corrected chi connectivity index (χ1v) is 9.66. The summed E-state index contributed by atoms with van der Waals surface area (Å²) in [6.07, 6.45) is 6.78. The number of fused-ring (bicyclic) bond motifs is 1. The third kappa shape index (κ3) is 4.25. The second kappa shape index (κ2) is 7.91. The standard InChI is InChI=1S/C20H23NO4S/c1-12(2)24-20(23)18-15-6-4-5-7-16(15)26-19(18)21-17(22)11-10-14-9-8-13(3)25-14/h8-12H,4-7H2,1-3H3,(H,21,22)/b11-10+. The summed E-state index contributed by atoms with van der Waals surface area (Å²) in [5.41, 5.74) is 1.56. The Labute approximate surface area is 157 Å². The minimum atomic E-state index is -0.361. The largest absolute Gasteiger partial charge is 0.462 e. The van der Waals surface area contributed by atoms with Crippen molar-refractivity contribution in [3.8, 4) is 0 Å². The molecule has 1 amide bonds. The summed E-state index contributed by atoms with van der Waals surface area (Å²) in [7, 11) is 0. The summed E-state index contributed by atoms with van der Waals surface area (Å²) < 4.78 is 10.8. The summed E-state index contributed by atoms with van der Waals surface area (Å²) in [5, 5.41) is 3.43. The number of furan rings is 1. The summed E-state index contributed by atoms with van der Waals surface area (Å²) in [6, 6.07) is 3.64. The normalized spacial score (nSPS) is 13.8. The molecule has 2 heterocycles. The molecule has 1 aliphatic rings. The van der Waals surface area contributed by atoms with Crippen LogP contribution in [0.3, 0.4) is 0 Å². The van der Waals surface area contributed by atoms with Crippen LogP contribution in [0.4, 0.5) is 5.00 Å². The van der Waals surface area contributed by atoms with E-state index >= 15 is 0 Å². The molecule has 2 aromatic rings. The molecular weight excluding hydrogens is 350 g/mol. The van der Waals surface area contributed by atoms with Crippen molar-refractivity contribution < 1.29 is 18.7 Å². The van der Waals surface area contributed by atoms with E-state index in [1.165, 1.54) is 22.3 Å². The SMILES string of the molecule is Cc1ccc(/C=C/C(=O)Nc2sc3c(c2C(=O)OC(C)C)CCCC3)o1. The molecule has 1 aliphatic carbocycles. The maximum Gasteiger partial charge on any atom is 0.341 e. The molecule has 2 aromatic heterocycles. The molecule has 0 bridgehead atoms. The number of hydrogen-bond donors (Lipinski definition) is 1. The number of hydrogen-bond acceptors (Lipinski definition) is 5. The van der Waals surface area contributed by atoms with Crippen molar-refractivity contribution >= 4 is 34.3 Å². The number of carbonyl (C=O) groups excluding carboxylic acids is 2. The lowest BCUT2D eigenvalue weighted by molar-refractivity contribution is -0.111. The Morgan fingerprint density at radius 2 is 2.04 bits per heavy atom. The lowest BCUT2D eigenvalue weighted by atomic mass is 9.95. The third-order valence-electron chi connectivity index (χ3n) is 4.12. The van der Waals surface area contributed by atoms with Crippen molar-refractivity contribution in [2.45, 2.75) is 52.6 Å². The predicted molar refractivity (Wildman–Crippen MR) is 103 cm³/mol. The molecule has 0 fully saturated rings. The Morgan fingerprint density at radius 3 is 2.73 bits per heavy atom. The van der Waals surface area contributed by atoms with Gasteiger partial charge >= 0.3 is 5.97 Å². The van der Waals surface area contributed by atoms with Gasteiger partial charge < -0.3 is 14.5 Å². The van der Waals surface area contributed by atoms with E-state index in [1.807, 2.05) is 26.8 Å². The minimum Gasteiger partial charge on any atom is -0.462 e. The average Bonchev–Trinajstić information content (AvgIpc) is 3.15. The Morgan fingerprint density at radius 1 is 1.27 bits per heavy atom. The monoisotopic (exact) mass is 373 g/mol. The van der Waals surface area contributed by atoms with E-state index in [0.717, 1.165) is 37.0 Å². The average molecular weight is 373 g/mol. The second-order valence-electron chi connectivity index (χ2n) is 6.64. The van der Waals surface area contributed by atoms with Gasteiger partial charge in [-0.05, 0) is 70.2 Å². The van der Waals surface area contributed by atoms with Crippen molar-refractivity contribution in [2.24, 2.45) is 0 Å². The smallest absolute Gasteiger partial charge is 0.341 e. The molecule has 0 saturated carbocycles. The molecule has 0 saturated heterocycles. The zero-order chi connectivity index (χ0) is 18.7. The summed E-state index contributed by atoms with van der Waals surface area (Å²) >= 11 is 1.48. The predicted octanol–water partition coefficient (Wildman–Crippen LogP) is 4.75. The number of anilines is 1. The van der Waals surface area contributed by atoms with Crippen molar-refractivity contribution in [3.63, 3.8) is 0 Å². The molecule has 5 nitrogen and oxygen atoms in total. The van der Waals surface area contributed by atoms with Crippen LogP contribution in [0.1, 0.15) is 59.0 Å². The summed E-state index contributed by atoms with van der Waals surface area (Å²) in [5.74, 6) is 0.744. The van der Waals surface area contributed by atoms with Crippen LogP contribution in [-0.2, 0) is 22.4 Å². The van der Waals surface area contributed by atoms with E-state index < -0.39 is 0 Å². The van der Waals surface area contributed by atoms with Crippen molar-refractivity contribution in [2.75, 3.05) is 5.32 Å². The highest BCUT2D eigenvalue weighted by Gasteiger charge is 2.27. The van der Waals surface area contributed by atoms with Crippen LogP contribution in [0, 0.1) is 6.92 Å². The first-order chi connectivity index (χ1) is 12.4. The van der Waals surface area contributed by atoms with Crippen LogP contribution in [0.25, 0.3) is 6.08 Å². The molecule has 26 heavy (non-hydrogen) atoms. The van der Waals surface area contributed by atoms with Gasteiger partial charge in [0.05, 0.1) is 11.7 Å². The number of esters is 1. The Balaban J connectivity index is 1.82. The van der Waals surface area contributed by atoms with Crippen LogP contribution >= 0.6 is 11.3 Å². The van der Waals surface area contributed by atoms with E-state index in [4.69, 9.17) is 9.15 Å². The number of amides is 1. The van der Waals surface area contributed by atoms with Gasteiger partial charge in [-0.1, -0.05) is 0 Å². The topological polar surface area (TPSA) is 68.5 Å². The van der Waals surface area contributed by atoms with E-state index in [9.17, 15) is 9.59 Å². The Kier molecular flexibility index (Phi) is 5.61. The van der Waals surface area contributed by atoms with Crippen LogP contribution in [-0.4, -0.2) is 18.0 Å². The third-order valence-corrected chi connectivity index (χ3v) is 5.32. The fraction of sp³-hybridized carbons (Fsp3) is 0.400. The van der Waals surface area contributed by atoms with Gasteiger partial charge in [-0.3, -0.25) is 4.79 Å². The van der Waals surface area contributed by atoms with Crippen molar-refractivity contribution in [1.29, 1.82) is 0 Å². The summed E-state index contributed by atoms with van der Waals surface area (Å²) in [4.78, 5) is 26.1. The lowest BCUT2D eigenvalue weighted by Gasteiger charge is -2.14. The van der Waals surface area contributed by atoms with Crippen LogP contribution in [0.2, 0.25) is 0 Å². The van der Waals surface area contributed by atoms with E-state index in [1.54, 1.807) is 12.1 Å². The molecule has 0 spiro atoms. The second-order valence-corrected chi connectivity index (χ2v) is 7.75.